The number of rotatable bonds is 2. The van der Waals surface area contributed by atoms with Crippen LogP contribution in [0.1, 0.15) is 27.6 Å². The molecule has 1 aliphatic carbocycles. The van der Waals surface area contributed by atoms with Crippen LogP contribution >= 0.6 is 0 Å². The topological polar surface area (TPSA) is 39.1 Å². The molecule has 1 aromatic heterocycles. The molecule has 3 nitrogen and oxygen atoms in total. The van der Waals surface area contributed by atoms with Gasteiger partial charge in [0.05, 0.1) is 5.57 Å². The second-order valence-corrected chi connectivity index (χ2v) is 6.76. The summed E-state index contributed by atoms with van der Waals surface area (Å²) in [6, 6.07) is 19.6. The van der Waals surface area contributed by atoms with Gasteiger partial charge in [-0.2, -0.15) is 0 Å². The van der Waals surface area contributed by atoms with Crippen LogP contribution in [-0.2, 0) is 6.54 Å². The molecule has 0 unspecified atom stereocenters. The average molecular weight is 351 g/mol. The molecule has 5 rings (SSSR count). The van der Waals surface area contributed by atoms with Gasteiger partial charge in [0, 0.05) is 39.3 Å². The fourth-order valence-electron chi connectivity index (χ4n) is 4.14. The summed E-state index contributed by atoms with van der Waals surface area (Å²) in [4.78, 5) is 25.3. The number of ketones is 2. The van der Waals surface area contributed by atoms with Crippen molar-refractivity contribution in [1.82, 2.24) is 4.57 Å². The smallest absolute Gasteiger partial charge is 0.197 e. The summed E-state index contributed by atoms with van der Waals surface area (Å²) in [5.74, 6) is -0.381. The van der Waals surface area contributed by atoms with Crippen LogP contribution in [0.5, 0.6) is 0 Å². The Bertz CT molecular complexity index is 1300. The lowest BCUT2D eigenvalue weighted by Crippen LogP contribution is -2.15. The van der Waals surface area contributed by atoms with Gasteiger partial charge in [-0.25, -0.2) is 0 Å². The number of fused-ring (bicyclic) bond motifs is 1. The minimum Gasteiger partial charge on any atom is -0.341 e. The van der Waals surface area contributed by atoms with E-state index in [1.807, 2.05) is 12.1 Å². The maximum atomic E-state index is 12.6. The fraction of sp³-hybridized carbons (Fsp3) is 0.0833. The van der Waals surface area contributed by atoms with E-state index in [0.29, 0.717) is 11.1 Å². The number of nitrogens with zero attached hydrogens (tertiary/aromatic N) is 1. The zero-order valence-corrected chi connectivity index (χ0v) is 14.9. The van der Waals surface area contributed by atoms with Crippen molar-refractivity contribution in [3.8, 4) is 0 Å². The molecule has 1 aliphatic rings. The highest BCUT2D eigenvalue weighted by atomic mass is 16.2. The highest BCUT2D eigenvalue weighted by Crippen LogP contribution is 2.27. The largest absolute Gasteiger partial charge is 0.341 e. The van der Waals surface area contributed by atoms with Gasteiger partial charge >= 0.3 is 0 Å². The standard InChI is InChI=1S/C24H17NO2/c1-2-25-20(18-11-5-7-15-8-6-12-21(25)22(15)18)14-13-19-23(26)16-9-3-4-10-17(16)24(19)27/h3-14H,2H2,1H3/b20-14+. The second kappa shape index (κ2) is 5.78. The lowest BCUT2D eigenvalue weighted by molar-refractivity contribution is 0.0989. The van der Waals surface area contributed by atoms with E-state index in [4.69, 9.17) is 0 Å². The molecule has 0 aliphatic heterocycles. The zero-order chi connectivity index (χ0) is 18.5. The van der Waals surface area contributed by atoms with Crippen LogP contribution in [0, 0.1) is 0 Å². The minimum atomic E-state index is -0.191. The summed E-state index contributed by atoms with van der Waals surface area (Å²) in [6.45, 7) is 2.92. The van der Waals surface area contributed by atoms with Gasteiger partial charge in [-0.3, -0.25) is 9.59 Å². The Kier molecular flexibility index (Phi) is 3.37. The van der Waals surface area contributed by atoms with E-state index in [2.05, 4.69) is 41.8 Å². The van der Waals surface area contributed by atoms with Gasteiger partial charge in [-0.1, -0.05) is 54.6 Å². The van der Waals surface area contributed by atoms with Crippen molar-refractivity contribution in [2.75, 3.05) is 0 Å². The Hall–Kier alpha value is -3.46. The molecule has 0 N–H and O–H groups in total. The molecular weight excluding hydrogens is 334 g/mol. The summed E-state index contributed by atoms with van der Waals surface area (Å²) in [6.07, 6.45) is 3.60. The van der Waals surface area contributed by atoms with Crippen molar-refractivity contribution in [2.24, 2.45) is 0 Å². The Balaban J connectivity index is 1.77. The molecule has 0 atom stereocenters. The molecule has 3 heteroatoms. The van der Waals surface area contributed by atoms with Crippen LogP contribution in [0.15, 0.2) is 72.3 Å². The fourth-order valence-corrected chi connectivity index (χ4v) is 4.14. The molecular formula is C24H17NO2. The first-order valence-corrected chi connectivity index (χ1v) is 9.10. The van der Waals surface area contributed by atoms with Gasteiger partial charge in [0.2, 0.25) is 0 Å². The maximum Gasteiger partial charge on any atom is 0.197 e. The first-order valence-electron chi connectivity index (χ1n) is 9.10. The first-order chi connectivity index (χ1) is 13.2. The van der Waals surface area contributed by atoms with Crippen molar-refractivity contribution >= 4 is 39.3 Å². The summed E-state index contributed by atoms with van der Waals surface area (Å²) in [5, 5.41) is 4.57. The van der Waals surface area contributed by atoms with E-state index >= 15 is 0 Å². The Labute approximate surface area is 156 Å². The van der Waals surface area contributed by atoms with Crippen LogP contribution in [0.25, 0.3) is 27.8 Å². The Morgan fingerprint density at radius 2 is 1.48 bits per heavy atom. The molecule has 0 saturated heterocycles. The van der Waals surface area contributed by atoms with Crippen molar-refractivity contribution in [3.63, 3.8) is 0 Å². The van der Waals surface area contributed by atoms with Crippen molar-refractivity contribution in [1.29, 1.82) is 0 Å². The number of aromatic nitrogens is 1. The lowest BCUT2D eigenvalue weighted by Gasteiger charge is -2.01. The monoisotopic (exact) mass is 351 g/mol. The third kappa shape index (κ3) is 2.15. The molecule has 0 amide bonds. The number of carbonyl (C=O) groups is 2. The summed E-state index contributed by atoms with van der Waals surface area (Å²) in [7, 11) is 0. The lowest BCUT2D eigenvalue weighted by atomic mass is 10.1. The number of carbonyl (C=O) groups excluding carboxylic acids is 2. The number of hydrogen-bond acceptors (Lipinski definition) is 2. The predicted molar refractivity (Wildman–Crippen MR) is 108 cm³/mol. The van der Waals surface area contributed by atoms with Gasteiger partial charge in [0.25, 0.3) is 0 Å². The van der Waals surface area contributed by atoms with Gasteiger partial charge in [-0.05, 0) is 30.5 Å². The Morgan fingerprint density at radius 3 is 2.15 bits per heavy atom. The maximum absolute atomic E-state index is 12.6. The molecule has 0 fully saturated rings. The van der Waals surface area contributed by atoms with Gasteiger partial charge in [0.1, 0.15) is 0 Å². The Morgan fingerprint density at radius 1 is 0.815 bits per heavy atom. The van der Waals surface area contributed by atoms with Gasteiger partial charge in [0.15, 0.2) is 11.6 Å². The SMILES string of the molecule is CCn1/c(=C/C=C2C(=O)c3ccccc3C2=O)c2cccc3cccc1c32. The number of Topliss-reactive ketones (excluding diaryl/α,β-unsaturated/α-hetero) is 2. The molecule has 130 valence electrons. The van der Waals surface area contributed by atoms with Gasteiger partial charge < -0.3 is 4.57 Å². The molecule has 0 radical (unpaired) electrons. The molecule has 0 bridgehead atoms. The van der Waals surface area contributed by atoms with Gasteiger partial charge in [-0.15, -0.1) is 0 Å². The third-order valence-electron chi connectivity index (χ3n) is 5.37. The number of allylic oxidation sites excluding steroid dienone is 2. The van der Waals surface area contributed by atoms with Crippen molar-refractivity contribution < 1.29 is 9.59 Å². The van der Waals surface area contributed by atoms with Crippen LogP contribution in [0.2, 0.25) is 0 Å². The van der Waals surface area contributed by atoms with Crippen LogP contribution in [0.3, 0.4) is 0 Å². The third-order valence-corrected chi connectivity index (χ3v) is 5.37. The quantitative estimate of drug-likeness (QED) is 0.398. The summed E-state index contributed by atoms with van der Waals surface area (Å²) >= 11 is 0. The van der Waals surface area contributed by atoms with E-state index in [1.165, 1.54) is 16.3 Å². The van der Waals surface area contributed by atoms with Crippen LogP contribution < -0.4 is 5.35 Å². The second-order valence-electron chi connectivity index (χ2n) is 6.76. The summed E-state index contributed by atoms with van der Waals surface area (Å²) in [5.41, 5.74) is 2.40. The van der Waals surface area contributed by atoms with Crippen molar-refractivity contribution in [3.05, 3.63) is 88.8 Å². The van der Waals surface area contributed by atoms with Crippen LogP contribution in [-0.4, -0.2) is 16.1 Å². The molecule has 3 aromatic carbocycles. The molecule has 0 spiro atoms. The highest BCUT2D eigenvalue weighted by Gasteiger charge is 2.32. The zero-order valence-electron chi connectivity index (χ0n) is 14.9. The first kappa shape index (κ1) is 15.8. The normalized spacial score (nSPS) is 14.6. The van der Waals surface area contributed by atoms with E-state index in [9.17, 15) is 9.59 Å². The minimum absolute atomic E-state index is 0.191. The van der Waals surface area contributed by atoms with E-state index in [0.717, 1.165) is 17.3 Å². The number of hydrogen-bond donors (Lipinski definition) is 0. The predicted octanol–water partition coefficient (Wildman–Crippen LogP) is 4.32. The van der Waals surface area contributed by atoms with Crippen molar-refractivity contribution in [2.45, 2.75) is 13.5 Å². The molecule has 0 saturated carbocycles. The van der Waals surface area contributed by atoms with Crippen LogP contribution in [0.4, 0.5) is 0 Å². The highest BCUT2D eigenvalue weighted by molar-refractivity contribution is 6.39. The molecule has 1 heterocycles. The average Bonchev–Trinajstić information content (AvgIpc) is 3.14. The van der Waals surface area contributed by atoms with E-state index in [-0.39, 0.29) is 17.1 Å². The number of benzene rings is 3. The molecule has 27 heavy (non-hydrogen) atoms. The van der Waals surface area contributed by atoms with E-state index in [1.54, 1.807) is 30.3 Å². The summed E-state index contributed by atoms with van der Waals surface area (Å²) < 4.78 is 2.23. The number of aryl methyl sites for hydroxylation is 1. The molecule has 4 aromatic rings. The van der Waals surface area contributed by atoms with E-state index < -0.39 is 0 Å².